The predicted molar refractivity (Wildman–Crippen MR) is 87.2 cm³/mol. The smallest absolute Gasteiger partial charge is 0.416 e. The fraction of sp³-hybridized carbons (Fsp3) is 0.467. The van der Waals surface area contributed by atoms with Gasteiger partial charge in [-0.15, -0.1) is 0 Å². The van der Waals surface area contributed by atoms with Crippen molar-refractivity contribution in [3.63, 3.8) is 0 Å². The second-order valence-corrected chi connectivity index (χ2v) is 7.92. The van der Waals surface area contributed by atoms with E-state index in [-0.39, 0.29) is 5.56 Å². The van der Waals surface area contributed by atoms with Gasteiger partial charge in [0.15, 0.2) is 6.17 Å². The first-order valence-corrected chi connectivity index (χ1v) is 9.26. The highest BCUT2D eigenvalue weighted by atomic mass is 32.2. The summed E-state index contributed by atoms with van der Waals surface area (Å²) in [5, 5.41) is 11.6. The minimum Gasteiger partial charge on any atom is -0.480 e. The third kappa shape index (κ3) is 4.57. The van der Waals surface area contributed by atoms with Gasteiger partial charge in [0.25, 0.3) is 5.91 Å². The number of aliphatic carboxylic acids is 1. The Balaban J connectivity index is 2.40. The van der Waals surface area contributed by atoms with Gasteiger partial charge in [-0.1, -0.05) is 32.0 Å². The summed E-state index contributed by atoms with van der Waals surface area (Å²) in [6, 6.07) is 3.07. The Bertz CT molecular complexity index is 841. The SMILES string of the molecule is CC(C)[C@H](N[C@H]1C(=O)NS(=O)(=O)N1Cc1ccccc1C(F)(F)F)C(=O)O. The zero-order valence-electron chi connectivity index (χ0n) is 14.3. The molecule has 1 aromatic carbocycles. The Hall–Kier alpha value is -2.18. The van der Waals surface area contributed by atoms with Crippen LogP contribution in [0.2, 0.25) is 0 Å². The lowest BCUT2D eigenvalue weighted by Gasteiger charge is -2.26. The van der Waals surface area contributed by atoms with Crippen molar-refractivity contribution in [3.05, 3.63) is 35.4 Å². The highest BCUT2D eigenvalue weighted by Crippen LogP contribution is 2.33. The summed E-state index contributed by atoms with van der Waals surface area (Å²) in [7, 11) is -4.43. The summed E-state index contributed by atoms with van der Waals surface area (Å²) in [5.74, 6) is -2.90. The van der Waals surface area contributed by atoms with Gasteiger partial charge >= 0.3 is 22.4 Å². The molecule has 27 heavy (non-hydrogen) atoms. The van der Waals surface area contributed by atoms with Gasteiger partial charge in [-0.05, 0) is 17.5 Å². The quantitative estimate of drug-likeness (QED) is 0.643. The highest BCUT2D eigenvalue weighted by molar-refractivity contribution is 7.88. The van der Waals surface area contributed by atoms with Gasteiger partial charge < -0.3 is 5.11 Å². The van der Waals surface area contributed by atoms with Crippen molar-refractivity contribution in [2.45, 2.75) is 38.8 Å². The zero-order chi connectivity index (χ0) is 20.6. The first kappa shape index (κ1) is 21.1. The van der Waals surface area contributed by atoms with Gasteiger partial charge in [-0.2, -0.15) is 25.9 Å². The molecule has 1 heterocycles. The maximum absolute atomic E-state index is 13.2. The molecule has 8 nitrogen and oxygen atoms in total. The molecule has 2 rings (SSSR count). The van der Waals surface area contributed by atoms with Crippen LogP contribution in [0.4, 0.5) is 13.2 Å². The van der Waals surface area contributed by atoms with Crippen LogP contribution in [0, 0.1) is 5.92 Å². The van der Waals surface area contributed by atoms with E-state index >= 15 is 0 Å². The second-order valence-electron chi connectivity index (χ2n) is 6.30. The average molecular weight is 409 g/mol. The Morgan fingerprint density at radius 1 is 1.33 bits per heavy atom. The minimum atomic E-state index is -4.72. The Morgan fingerprint density at radius 3 is 2.44 bits per heavy atom. The molecule has 150 valence electrons. The monoisotopic (exact) mass is 409 g/mol. The van der Waals surface area contributed by atoms with E-state index in [4.69, 9.17) is 0 Å². The molecule has 3 N–H and O–H groups in total. The number of carbonyl (C=O) groups is 2. The molecule has 0 spiro atoms. The van der Waals surface area contributed by atoms with E-state index in [0.717, 1.165) is 18.2 Å². The summed E-state index contributed by atoms with van der Waals surface area (Å²) < 4.78 is 66.1. The maximum Gasteiger partial charge on any atom is 0.416 e. The molecule has 0 saturated carbocycles. The van der Waals surface area contributed by atoms with E-state index in [0.29, 0.717) is 4.31 Å². The van der Waals surface area contributed by atoms with Crippen LogP contribution in [-0.2, 0) is 32.5 Å². The summed E-state index contributed by atoms with van der Waals surface area (Å²) in [4.78, 5) is 23.4. The minimum absolute atomic E-state index is 0.367. The van der Waals surface area contributed by atoms with E-state index in [1.165, 1.54) is 19.9 Å². The van der Waals surface area contributed by atoms with Gasteiger partial charge in [0.2, 0.25) is 0 Å². The van der Waals surface area contributed by atoms with E-state index in [2.05, 4.69) is 5.32 Å². The van der Waals surface area contributed by atoms with Crippen LogP contribution in [0.5, 0.6) is 0 Å². The number of alkyl halides is 3. The topological polar surface area (TPSA) is 116 Å². The van der Waals surface area contributed by atoms with Gasteiger partial charge in [0, 0.05) is 6.54 Å². The average Bonchev–Trinajstić information content (AvgIpc) is 2.72. The molecule has 1 aromatic rings. The number of hydrogen-bond donors (Lipinski definition) is 3. The molecular formula is C15H18F3N3O5S. The molecule has 12 heteroatoms. The lowest BCUT2D eigenvalue weighted by Crippen LogP contribution is -2.54. The molecule has 0 unspecified atom stereocenters. The molecule has 1 saturated heterocycles. The Labute approximate surface area is 153 Å². The van der Waals surface area contributed by atoms with Crippen LogP contribution >= 0.6 is 0 Å². The van der Waals surface area contributed by atoms with Crippen molar-refractivity contribution in [1.82, 2.24) is 14.3 Å². The lowest BCUT2D eigenvalue weighted by atomic mass is 10.0. The number of halogens is 3. The third-order valence-electron chi connectivity index (χ3n) is 3.99. The van der Waals surface area contributed by atoms with E-state index in [1.54, 1.807) is 4.72 Å². The van der Waals surface area contributed by atoms with Crippen molar-refractivity contribution in [2.75, 3.05) is 0 Å². The fourth-order valence-electron chi connectivity index (χ4n) is 2.67. The highest BCUT2D eigenvalue weighted by Gasteiger charge is 2.46. The van der Waals surface area contributed by atoms with E-state index < -0.39 is 58.5 Å². The molecule has 0 radical (unpaired) electrons. The van der Waals surface area contributed by atoms with Gasteiger partial charge in [0.05, 0.1) is 5.56 Å². The second kappa shape index (κ2) is 7.44. The zero-order valence-corrected chi connectivity index (χ0v) is 15.1. The van der Waals surface area contributed by atoms with Crippen molar-refractivity contribution in [1.29, 1.82) is 0 Å². The molecule has 2 atom stereocenters. The molecule has 1 fully saturated rings. The van der Waals surface area contributed by atoms with Crippen LogP contribution in [0.25, 0.3) is 0 Å². The molecular weight excluding hydrogens is 391 g/mol. The lowest BCUT2D eigenvalue weighted by molar-refractivity contribution is -0.141. The molecule has 1 aliphatic rings. The number of nitrogens with one attached hydrogen (secondary N) is 2. The summed E-state index contributed by atoms with van der Waals surface area (Å²) in [5.41, 5.74) is -1.41. The number of carbonyl (C=O) groups excluding carboxylic acids is 1. The summed E-state index contributed by atoms with van der Waals surface area (Å²) >= 11 is 0. The maximum atomic E-state index is 13.2. The van der Waals surface area contributed by atoms with Gasteiger partial charge in [-0.25, -0.2) is 4.72 Å². The van der Waals surface area contributed by atoms with E-state index in [9.17, 15) is 36.3 Å². The number of benzene rings is 1. The first-order chi connectivity index (χ1) is 12.3. The molecule has 0 aliphatic carbocycles. The molecule has 0 bridgehead atoms. The van der Waals surface area contributed by atoms with Crippen LogP contribution in [0.15, 0.2) is 24.3 Å². The number of amides is 1. The Kier molecular flexibility index (Phi) is 5.82. The van der Waals surface area contributed by atoms with Crippen LogP contribution < -0.4 is 10.0 Å². The largest absolute Gasteiger partial charge is 0.480 e. The Morgan fingerprint density at radius 2 is 1.93 bits per heavy atom. The molecule has 1 aliphatic heterocycles. The summed E-state index contributed by atoms with van der Waals surface area (Å²) in [6.45, 7) is 2.31. The van der Waals surface area contributed by atoms with Crippen molar-refractivity contribution in [3.8, 4) is 0 Å². The van der Waals surface area contributed by atoms with Gasteiger partial charge in [0.1, 0.15) is 6.04 Å². The third-order valence-corrected chi connectivity index (χ3v) is 5.41. The normalized spacial score (nSPS) is 21.3. The van der Waals surface area contributed by atoms with Crippen LogP contribution in [-0.4, -0.2) is 41.9 Å². The predicted octanol–water partition coefficient (Wildman–Crippen LogP) is 0.907. The number of carboxylic acids is 1. The molecule has 1 amide bonds. The summed E-state index contributed by atoms with van der Waals surface area (Å²) in [6.07, 6.45) is -6.37. The van der Waals surface area contributed by atoms with E-state index in [1.807, 2.05) is 0 Å². The molecule has 0 aromatic heterocycles. The van der Waals surface area contributed by atoms with Gasteiger partial charge in [-0.3, -0.25) is 14.9 Å². The first-order valence-electron chi connectivity index (χ1n) is 7.82. The number of nitrogens with zero attached hydrogens (tertiary/aromatic N) is 1. The number of carboxylic acid groups (broad SMARTS) is 1. The number of hydrogen-bond acceptors (Lipinski definition) is 5. The van der Waals surface area contributed by atoms with Crippen molar-refractivity contribution in [2.24, 2.45) is 5.92 Å². The van der Waals surface area contributed by atoms with Crippen LogP contribution in [0.1, 0.15) is 25.0 Å². The number of rotatable bonds is 6. The van der Waals surface area contributed by atoms with Crippen molar-refractivity contribution >= 4 is 22.1 Å². The standard InChI is InChI=1S/C15H18F3N3O5S/c1-8(2)11(14(23)24)19-12-13(22)20-27(25,26)21(12)7-9-5-3-4-6-10(9)15(16,17)18/h3-6,8,11-12,19H,7H2,1-2H3,(H,20,22)(H,23,24)/t11-,12+/m0/s1. The van der Waals surface area contributed by atoms with Crippen molar-refractivity contribution < 1.29 is 36.3 Å². The fourth-order valence-corrected chi connectivity index (χ4v) is 3.89. The van der Waals surface area contributed by atoms with Crippen LogP contribution in [0.3, 0.4) is 0 Å².